The topological polar surface area (TPSA) is 67.2 Å². The Hall–Kier alpha value is -2.93. The second-order valence-corrected chi connectivity index (χ2v) is 4.85. The first kappa shape index (κ1) is 15.5. The first-order valence-electron chi connectivity index (χ1n) is 6.81. The third kappa shape index (κ3) is 3.80. The van der Waals surface area contributed by atoms with E-state index < -0.39 is 5.97 Å². The average molecular weight is 293 g/mol. The molecule has 2 rings (SSSR count). The van der Waals surface area contributed by atoms with Crippen LogP contribution in [-0.4, -0.2) is 18.9 Å². The molecular formula is C18H15NO3. The maximum atomic E-state index is 12.2. The van der Waals surface area contributed by atoms with Gasteiger partial charge in [-0.05, 0) is 29.3 Å². The van der Waals surface area contributed by atoms with Gasteiger partial charge in [0.2, 0.25) is 0 Å². The summed E-state index contributed by atoms with van der Waals surface area (Å²) in [4.78, 5) is 23.9. The van der Waals surface area contributed by atoms with Crippen molar-refractivity contribution in [3.05, 3.63) is 70.8 Å². The van der Waals surface area contributed by atoms with Crippen LogP contribution in [0.5, 0.6) is 0 Å². The molecule has 0 unspecified atom stereocenters. The summed E-state index contributed by atoms with van der Waals surface area (Å²) in [6, 6.07) is 15.9. The summed E-state index contributed by atoms with van der Waals surface area (Å²) in [6.45, 7) is 0. The van der Waals surface area contributed by atoms with E-state index in [1.165, 1.54) is 7.11 Å². The quantitative estimate of drug-likeness (QED) is 0.795. The van der Waals surface area contributed by atoms with Crippen molar-refractivity contribution in [3.8, 4) is 6.07 Å². The Balaban J connectivity index is 2.13. The predicted octanol–water partition coefficient (Wildman–Crippen LogP) is 2.70. The number of esters is 1. The standard InChI is InChI=1S/C18H15NO3/c1-22-18(21)17-8-3-2-7-15(17)11-16(20)10-13-5-4-6-14(9-13)12-19/h2-9H,10-11H2,1H3. The van der Waals surface area contributed by atoms with Crippen molar-refractivity contribution in [3.63, 3.8) is 0 Å². The number of methoxy groups -OCH3 is 1. The van der Waals surface area contributed by atoms with Gasteiger partial charge in [0.05, 0.1) is 24.3 Å². The lowest BCUT2D eigenvalue weighted by Crippen LogP contribution is -2.11. The van der Waals surface area contributed by atoms with Gasteiger partial charge in [0.15, 0.2) is 0 Å². The average Bonchev–Trinajstić information content (AvgIpc) is 2.54. The van der Waals surface area contributed by atoms with E-state index in [4.69, 9.17) is 10.00 Å². The van der Waals surface area contributed by atoms with Crippen molar-refractivity contribution < 1.29 is 14.3 Å². The monoisotopic (exact) mass is 293 g/mol. The fraction of sp³-hybridized carbons (Fsp3) is 0.167. The van der Waals surface area contributed by atoms with E-state index in [2.05, 4.69) is 0 Å². The van der Waals surface area contributed by atoms with Crippen molar-refractivity contribution in [2.75, 3.05) is 7.11 Å². The number of nitriles is 1. The maximum Gasteiger partial charge on any atom is 0.338 e. The number of rotatable bonds is 5. The molecule has 2 aromatic carbocycles. The van der Waals surface area contributed by atoms with Crippen molar-refractivity contribution in [1.29, 1.82) is 5.26 Å². The highest BCUT2D eigenvalue weighted by Gasteiger charge is 2.14. The van der Waals surface area contributed by atoms with E-state index in [1.54, 1.807) is 42.5 Å². The number of nitrogens with zero attached hydrogens (tertiary/aromatic N) is 1. The van der Waals surface area contributed by atoms with Gasteiger partial charge in [0.1, 0.15) is 5.78 Å². The van der Waals surface area contributed by atoms with Crippen LogP contribution in [0.1, 0.15) is 27.0 Å². The molecule has 2 aromatic rings. The van der Waals surface area contributed by atoms with E-state index >= 15 is 0 Å². The SMILES string of the molecule is COC(=O)c1ccccc1CC(=O)Cc1cccc(C#N)c1. The van der Waals surface area contributed by atoms with Gasteiger partial charge in [-0.15, -0.1) is 0 Å². The molecule has 0 bridgehead atoms. The van der Waals surface area contributed by atoms with Crippen LogP contribution in [0.15, 0.2) is 48.5 Å². The zero-order valence-corrected chi connectivity index (χ0v) is 12.2. The highest BCUT2D eigenvalue weighted by molar-refractivity contribution is 5.93. The number of ether oxygens (including phenoxy) is 1. The molecule has 22 heavy (non-hydrogen) atoms. The molecule has 0 heterocycles. The largest absolute Gasteiger partial charge is 0.465 e. The van der Waals surface area contributed by atoms with Crippen LogP contribution in [-0.2, 0) is 22.4 Å². The molecule has 0 spiro atoms. The molecule has 4 nitrogen and oxygen atoms in total. The summed E-state index contributed by atoms with van der Waals surface area (Å²) in [5.74, 6) is -0.471. The van der Waals surface area contributed by atoms with Crippen LogP contribution >= 0.6 is 0 Å². The van der Waals surface area contributed by atoms with Crippen LogP contribution in [0, 0.1) is 11.3 Å². The highest BCUT2D eigenvalue weighted by Crippen LogP contribution is 2.13. The summed E-state index contributed by atoms with van der Waals surface area (Å²) in [7, 11) is 1.31. The van der Waals surface area contributed by atoms with Gasteiger partial charge in [-0.1, -0.05) is 30.3 Å². The Morgan fingerprint density at radius 3 is 2.59 bits per heavy atom. The Morgan fingerprint density at radius 2 is 1.86 bits per heavy atom. The summed E-state index contributed by atoms with van der Waals surface area (Å²) in [5, 5.41) is 8.87. The zero-order valence-electron chi connectivity index (χ0n) is 12.2. The molecule has 0 aliphatic rings. The lowest BCUT2D eigenvalue weighted by Gasteiger charge is -2.07. The molecule has 0 aliphatic carbocycles. The Bertz CT molecular complexity index is 744. The smallest absolute Gasteiger partial charge is 0.338 e. The summed E-state index contributed by atoms with van der Waals surface area (Å²) < 4.78 is 4.72. The molecule has 4 heteroatoms. The summed E-state index contributed by atoms with van der Waals surface area (Å²) in [6.07, 6.45) is 0.382. The molecule has 0 radical (unpaired) electrons. The van der Waals surface area contributed by atoms with Gasteiger partial charge in [0.25, 0.3) is 0 Å². The van der Waals surface area contributed by atoms with Crippen molar-refractivity contribution in [2.45, 2.75) is 12.8 Å². The summed E-state index contributed by atoms with van der Waals surface area (Å²) >= 11 is 0. The minimum absolute atomic E-state index is 0.0218. The number of hydrogen-bond donors (Lipinski definition) is 0. The highest BCUT2D eigenvalue weighted by atomic mass is 16.5. The minimum Gasteiger partial charge on any atom is -0.465 e. The third-order valence-corrected chi connectivity index (χ3v) is 3.27. The Morgan fingerprint density at radius 1 is 1.09 bits per heavy atom. The number of Topliss-reactive ketones (excluding diaryl/α,β-unsaturated/α-hetero) is 1. The number of ketones is 1. The summed E-state index contributed by atoms with van der Waals surface area (Å²) in [5.41, 5.74) is 2.37. The predicted molar refractivity (Wildman–Crippen MR) is 81.4 cm³/mol. The number of carbonyl (C=O) groups is 2. The normalized spacial score (nSPS) is 9.82. The first-order valence-corrected chi connectivity index (χ1v) is 6.81. The van der Waals surface area contributed by atoms with Gasteiger partial charge in [-0.2, -0.15) is 5.26 Å². The fourth-order valence-corrected chi connectivity index (χ4v) is 2.24. The zero-order chi connectivity index (χ0) is 15.9. The molecular weight excluding hydrogens is 278 g/mol. The van der Waals surface area contributed by atoms with Gasteiger partial charge in [-0.3, -0.25) is 4.79 Å². The molecule has 0 atom stereocenters. The molecule has 0 N–H and O–H groups in total. The van der Waals surface area contributed by atoms with Crippen molar-refractivity contribution in [2.24, 2.45) is 0 Å². The van der Waals surface area contributed by atoms with Gasteiger partial charge < -0.3 is 4.74 Å². The minimum atomic E-state index is -0.449. The van der Waals surface area contributed by atoms with E-state index in [1.807, 2.05) is 12.1 Å². The van der Waals surface area contributed by atoms with Crippen LogP contribution in [0.25, 0.3) is 0 Å². The van der Waals surface area contributed by atoms with Crippen molar-refractivity contribution >= 4 is 11.8 Å². The van der Waals surface area contributed by atoms with Gasteiger partial charge in [0, 0.05) is 12.8 Å². The fourth-order valence-electron chi connectivity index (χ4n) is 2.24. The van der Waals surface area contributed by atoms with Crippen LogP contribution in [0.3, 0.4) is 0 Å². The lowest BCUT2D eigenvalue weighted by atomic mass is 9.98. The molecule has 0 saturated carbocycles. The van der Waals surface area contributed by atoms with Crippen LogP contribution in [0.2, 0.25) is 0 Å². The second-order valence-electron chi connectivity index (χ2n) is 4.85. The molecule has 110 valence electrons. The molecule has 0 amide bonds. The van der Waals surface area contributed by atoms with E-state index in [0.717, 1.165) is 5.56 Å². The number of hydrogen-bond acceptors (Lipinski definition) is 4. The van der Waals surface area contributed by atoms with E-state index in [-0.39, 0.29) is 18.6 Å². The molecule has 0 fully saturated rings. The van der Waals surface area contributed by atoms with E-state index in [0.29, 0.717) is 16.7 Å². The maximum absolute atomic E-state index is 12.2. The lowest BCUT2D eigenvalue weighted by molar-refractivity contribution is -0.117. The van der Waals surface area contributed by atoms with Crippen molar-refractivity contribution in [1.82, 2.24) is 0 Å². The van der Waals surface area contributed by atoms with Gasteiger partial charge >= 0.3 is 5.97 Å². The molecule has 0 saturated heterocycles. The van der Waals surface area contributed by atoms with Crippen LogP contribution < -0.4 is 0 Å². The third-order valence-electron chi connectivity index (χ3n) is 3.27. The number of carbonyl (C=O) groups excluding carboxylic acids is 2. The molecule has 0 aromatic heterocycles. The van der Waals surface area contributed by atoms with E-state index in [9.17, 15) is 9.59 Å². The first-order chi connectivity index (χ1) is 10.6. The van der Waals surface area contributed by atoms with Crippen LogP contribution in [0.4, 0.5) is 0 Å². The Kier molecular flexibility index (Phi) is 5.05. The molecule has 0 aliphatic heterocycles. The van der Waals surface area contributed by atoms with Gasteiger partial charge in [-0.25, -0.2) is 4.79 Å². The Labute approximate surface area is 129 Å². The second kappa shape index (κ2) is 7.19. The number of benzene rings is 2.